The number of benzene rings is 1. The molecule has 0 aliphatic heterocycles. The van der Waals surface area contributed by atoms with Gasteiger partial charge in [-0.25, -0.2) is 0 Å². The molecule has 0 aliphatic rings. The maximum atomic E-state index is 12.0. The van der Waals surface area contributed by atoms with E-state index in [4.69, 9.17) is 28.9 Å². The normalized spacial score (nSPS) is 12.5. The molecule has 0 saturated heterocycles. The van der Waals surface area contributed by atoms with Crippen molar-refractivity contribution in [3.05, 3.63) is 22.2 Å². The Kier molecular flexibility index (Phi) is 7.29. The zero-order valence-electron chi connectivity index (χ0n) is 12.7. The lowest BCUT2D eigenvalue weighted by Gasteiger charge is -2.24. The summed E-state index contributed by atoms with van der Waals surface area (Å²) in [6.07, 6.45) is 2.64. The summed E-state index contributed by atoms with van der Waals surface area (Å²) in [4.78, 5) is 14.2. The van der Waals surface area contributed by atoms with Crippen LogP contribution in [0.2, 0.25) is 10.0 Å². The molecule has 0 saturated carbocycles. The molecule has 0 spiro atoms. The van der Waals surface area contributed by atoms with E-state index in [0.29, 0.717) is 40.4 Å². The zero-order valence-corrected chi connectivity index (χ0v) is 14.3. The van der Waals surface area contributed by atoms with Crippen LogP contribution >= 0.6 is 23.2 Å². The summed E-state index contributed by atoms with van der Waals surface area (Å²) in [6.45, 7) is 5.01. The Morgan fingerprint density at radius 2 is 1.95 bits per heavy atom. The predicted molar refractivity (Wildman–Crippen MR) is 91.1 cm³/mol. The summed E-state index contributed by atoms with van der Waals surface area (Å²) in [5, 5.41) is 3.44. The fourth-order valence-electron chi connectivity index (χ4n) is 2.05. The summed E-state index contributed by atoms with van der Waals surface area (Å²) in [5.74, 6) is -0.112. The first-order valence-corrected chi connectivity index (χ1v) is 7.85. The van der Waals surface area contributed by atoms with Crippen LogP contribution < -0.4 is 11.1 Å². The Bertz CT molecular complexity index is 471. The largest absolute Gasteiger partial charge is 0.399 e. The highest BCUT2D eigenvalue weighted by atomic mass is 35.5. The third-order valence-corrected chi connectivity index (χ3v) is 4.08. The van der Waals surface area contributed by atoms with Crippen molar-refractivity contribution < 1.29 is 4.79 Å². The molecule has 1 aromatic carbocycles. The maximum absolute atomic E-state index is 12.0. The summed E-state index contributed by atoms with van der Waals surface area (Å²) in [6, 6.07) is 3.60. The first-order chi connectivity index (χ1) is 9.85. The van der Waals surface area contributed by atoms with E-state index in [9.17, 15) is 4.79 Å². The number of hydrogen-bond acceptors (Lipinski definition) is 3. The van der Waals surface area contributed by atoms with Gasteiger partial charge in [-0.15, -0.1) is 0 Å². The van der Waals surface area contributed by atoms with Gasteiger partial charge in [-0.05, 0) is 32.5 Å². The summed E-state index contributed by atoms with van der Waals surface area (Å²) < 4.78 is 0. The zero-order chi connectivity index (χ0) is 16.0. The Morgan fingerprint density at radius 1 is 1.38 bits per heavy atom. The first kappa shape index (κ1) is 18.1. The summed E-state index contributed by atoms with van der Waals surface area (Å²) in [7, 11) is 2.02. The first-order valence-electron chi connectivity index (χ1n) is 7.09. The lowest BCUT2D eigenvalue weighted by Crippen LogP contribution is -2.32. The SMILES string of the molecule is CCCC(C)N(C)CCC(=O)Nc1c(Cl)cc(N)cc1Cl. The molecule has 1 atom stereocenters. The highest BCUT2D eigenvalue weighted by molar-refractivity contribution is 6.40. The third-order valence-electron chi connectivity index (χ3n) is 3.48. The second kappa shape index (κ2) is 8.47. The van der Waals surface area contributed by atoms with Crippen molar-refractivity contribution in [3.63, 3.8) is 0 Å². The highest BCUT2D eigenvalue weighted by Crippen LogP contribution is 2.32. The fourth-order valence-corrected chi connectivity index (χ4v) is 2.65. The number of carbonyl (C=O) groups is 1. The number of nitrogen functional groups attached to an aromatic ring is 1. The molecular formula is C15H23Cl2N3O. The van der Waals surface area contributed by atoms with E-state index in [1.807, 2.05) is 7.05 Å². The molecule has 1 aromatic rings. The molecule has 1 rings (SSSR count). The minimum Gasteiger partial charge on any atom is -0.399 e. The van der Waals surface area contributed by atoms with Crippen LogP contribution in [-0.2, 0) is 4.79 Å². The van der Waals surface area contributed by atoms with Gasteiger partial charge in [0, 0.05) is 24.7 Å². The molecule has 118 valence electrons. The number of rotatable bonds is 7. The lowest BCUT2D eigenvalue weighted by atomic mass is 10.1. The van der Waals surface area contributed by atoms with Crippen LogP contribution in [0.1, 0.15) is 33.1 Å². The number of nitrogens with one attached hydrogen (secondary N) is 1. The van der Waals surface area contributed by atoms with Gasteiger partial charge in [-0.2, -0.15) is 0 Å². The minimum atomic E-state index is -0.112. The van der Waals surface area contributed by atoms with Crippen molar-refractivity contribution in [2.45, 2.75) is 39.2 Å². The predicted octanol–water partition coefficient (Wildman–Crippen LogP) is 4.02. The van der Waals surface area contributed by atoms with Gasteiger partial charge in [-0.1, -0.05) is 36.5 Å². The Hall–Kier alpha value is -0.970. The highest BCUT2D eigenvalue weighted by Gasteiger charge is 2.13. The summed E-state index contributed by atoms with van der Waals surface area (Å²) in [5.41, 5.74) is 6.52. The molecule has 0 fully saturated rings. The summed E-state index contributed by atoms with van der Waals surface area (Å²) >= 11 is 12.1. The van der Waals surface area contributed by atoms with E-state index in [2.05, 4.69) is 24.1 Å². The molecule has 0 radical (unpaired) electrons. The van der Waals surface area contributed by atoms with Gasteiger partial charge in [0.15, 0.2) is 0 Å². The molecule has 0 heterocycles. The van der Waals surface area contributed by atoms with Crippen LogP contribution in [-0.4, -0.2) is 30.4 Å². The molecule has 1 unspecified atom stereocenters. The second-order valence-corrected chi connectivity index (χ2v) is 6.09. The van der Waals surface area contributed by atoms with Crippen LogP contribution in [0.15, 0.2) is 12.1 Å². The van der Waals surface area contributed by atoms with Crippen molar-refractivity contribution in [3.8, 4) is 0 Å². The van der Waals surface area contributed by atoms with Crippen molar-refractivity contribution in [1.82, 2.24) is 4.90 Å². The Morgan fingerprint density at radius 3 is 2.48 bits per heavy atom. The van der Waals surface area contributed by atoms with Crippen LogP contribution in [0.3, 0.4) is 0 Å². The topological polar surface area (TPSA) is 58.4 Å². The number of anilines is 2. The monoisotopic (exact) mass is 331 g/mol. The smallest absolute Gasteiger partial charge is 0.225 e. The molecule has 0 aromatic heterocycles. The van der Waals surface area contributed by atoms with Crippen LogP contribution in [0.4, 0.5) is 11.4 Å². The number of hydrogen-bond donors (Lipinski definition) is 2. The Labute approximate surface area is 136 Å². The number of nitrogens with zero attached hydrogens (tertiary/aromatic N) is 1. The average Bonchev–Trinajstić information content (AvgIpc) is 2.40. The van der Waals surface area contributed by atoms with E-state index in [-0.39, 0.29) is 5.91 Å². The fraction of sp³-hybridized carbons (Fsp3) is 0.533. The number of carbonyl (C=O) groups excluding carboxylic acids is 1. The maximum Gasteiger partial charge on any atom is 0.225 e. The third kappa shape index (κ3) is 5.73. The number of halogens is 2. The molecule has 3 N–H and O–H groups in total. The van der Waals surface area contributed by atoms with E-state index < -0.39 is 0 Å². The molecule has 4 nitrogen and oxygen atoms in total. The second-order valence-electron chi connectivity index (χ2n) is 5.28. The standard InChI is InChI=1S/C15H23Cl2N3O/c1-4-5-10(2)20(3)7-6-14(21)19-15-12(16)8-11(18)9-13(15)17/h8-10H,4-7,18H2,1-3H3,(H,19,21). The van der Waals surface area contributed by atoms with Crippen molar-refractivity contribution in [2.24, 2.45) is 0 Å². The van der Waals surface area contributed by atoms with Gasteiger partial charge < -0.3 is 16.0 Å². The van der Waals surface area contributed by atoms with Gasteiger partial charge in [0.05, 0.1) is 15.7 Å². The number of nitrogens with two attached hydrogens (primary N) is 1. The van der Waals surface area contributed by atoms with Crippen LogP contribution in [0.25, 0.3) is 0 Å². The molecule has 0 aliphatic carbocycles. The van der Waals surface area contributed by atoms with Crippen LogP contribution in [0, 0.1) is 0 Å². The molecule has 0 bridgehead atoms. The Balaban J connectivity index is 2.55. The molecule has 1 amide bonds. The molecule has 21 heavy (non-hydrogen) atoms. The van der Waals surface area contributed by atoms with Crippen molar-refractivity contribution >= 4 is 40.5 Å². The van der Waals surface area contributed by atoms with E-state index in [0.717, 1.165) is 12.8 Å². The van der Waals surface area contributed by atoms with Gasteiger partial charge >= 0.3 is 0 Å². The molecule has 6 heteroatoms. The van der Waals surface area contributed by atoms with Gasteiger partial charge in [-0.3, -0.25) is 4.79 Å². The van der Waals surface area contributed by atoms with Gasteiger partial charge in [0.1, 0.15) is 0 Å². The molecular weight excluding hydrogens is 309 g/mol. The van der Waals surface area contributed by atoms with E-state index >= 15 is 0 Å². The van der Waals surface area contributed by atoms with E-state index in [1.165, 1.54) is 0 Å². The average molecular weight is 332 g/mol. The van der Waals surface area contributed by atoms with Gasteiger partial charge in [0.25, 0.3) is 0 Å². The lowest BCUT2D eigenvalue weighted by molar-refractivity contribution is -0.116. The van der Waals surface area contributed by atoms with E-state index in [1.54, 1.807) is 12.1 Å². The van der Waals surface area contributed by atoms with Crippen molar-refractivity contribution in [2.75, 3.05) is 24.6 Å². The number of amides is 1. The minimum absolute atomic E-state index is 0.112. The van der Waals surface area contributed by atoms with Crippen LogP contribution in [0.5, 0.6) is 0 Å². The quantitative estimate of drug-likeness (QED) is 0.741. The van der Waals surface area contributed by atoms with Gasteiger partial charge in [0.2, 0.25) is 5.91 Å². The van der Waals surface area contributed by atoms with Crippen molar-refractivity contribution in [1.29, 1.82) is 0 Å².